The predicted octanol–water partition coefficient (Wildman–Crippen LogP) is 3.89. The van der Waals surface area contributed by atoms with Crippen LogP contribution in [0.25, 0.3) is 5.57 Å². The Balaban J connectivity index is 2.21. The first-order valence-corrected chi connectivity index (χ1v) is 8.48. The van der Waals surface area contributed by atoms with Gasteiger partial charge in [-0.3, -0.25) is 0 Å². The van der Waals surface area contributed by atoms with Crippen LogP contribution in [0.3, 0.4) is 0 Å². The molecule has 0 nitrogen and oxygen atoms in total. The van der Waals surface area contributed by atoms with Gasteiger partial charge in [-0.25, -0.2) is 0 Å². The summed E-state index contributed by atoms with van der Waals surface area (Å²) in [5.41, 5.74) is 5.18. The zero-order valence-corrected chi connectivity index (χ0v) is 11.5. The van der Waals surface area contributed by atoms with Crippen molar-refractivity contribution < 1.29 is 15.7 Å². The Hall–Kier alpha value is -1.04. The molecular weight excluding hydrogens is 317 g/mol. The van der Waals surface area contributed by atoms with Crippen molar-refractivity contribution >= 4 is 19.4 Å². The molecule has 1 aliphatic carbocycles. The Morgan fingerprint density at radius 1 is 0.765 bits per heavy atom. The molecule has 0 unspecified atom stereocenters. The standard InChI is InChI=1S/C15H10.ClH.Ru/c1-2-6-12(7-3-1)15-11-10-13-8-4-5-9-14(13)15;;/h1-9,11H;1H;/p-1. The monoisotopic (exact) mass is 327 g/mol. The molecule has 0 saturated carbocycles. The Morgan fingerprint density at radius 3 is 2.12 bits per heavy atom. The number of hydrogen-bond acceptors (Lipinski definition) is 0. The van der Waals surface area contributed by atoms with Gasteiger partial charge in [0.2, 0.25) is 0 Å². The Bertz CT molecular complexity index is 612. The Kier molecular flexibility index (Phi) is 3.05. The zero-order chi connectivity index (χ0) is 11.7. The molecule has 86 valence electrons. The number of benzene rings is 2. The van der Waals surface area contributed by atoms with E-state index in [1.54, 1.807) is 0 Å². The Labute approximate surface area is 112 Å². The molecule has 0 radical (unpaired) electrons. The molecular formula is C15H10ClRu-. The van der Waals surface area contributed by atoms with Crippen molar-refractivity contribution in [1.29, 1.82) is 0 Å². The van der Waals surface area contributed by atoms with E-state index in [2.05, 4.69) is 54.6 Å². The van der Waals surface area contributed by atoms with Gasteiger partial charge in [0.15, 0.2) is 0 Å². The maximum atomic E-state index is 6.10. The average Bonchev–Trinajstić information content (AvgIpc) is 2.78. The van der Waals surface area contributed by atoms with E-state index in [1.165, 1.54) is 26.4 Å². The van der Waals surface area contributed by atoms with E-state index in [1.807, 2.05) is 6.07 Å². The van der Waals surface area contributed by atoms with E-state index in [0.717, 1.165) is 0 Å². The van der Waals surface area contributed by atoms with Crippen LogP contribution in [0.15, 0.2) is 60.7 Å². The Morgan fingerprint density at radius 2 is 1.41 bits per heavy atom. The van der Waals surface area contributed by atoms with Gasteiger partial charge in [0.1, 0.15) is 0 Å². The van der Waals surface area contributed by atoms with Gasteiger partial charge in [-0.15, -0.1) is 0 Å². The summed E-state index contributed by atoms with van der Waals surface area (Å²) in [7, 11) is 6.10. The van der Waals surface area contributed by atoms with Crippen LogP contribution in [0.2, 0.25) is 0 Å². The van der Waals surface area contributed by atoms with Crippen LogP contribution >= 0.6 is 9.69 Å². The van der Waals surface area contributed by atoms with Gasteiger partial charge in [0.25, 0.3) is 0 Å². The molecule has 0 spiro atoms. The summed E-state index contributed by atoms with van der Waals surface area (Å²) in [6.07, 6.45) is 2.24. The summed E-state index contributed by atoms with van der Waals surface area (Å²) in [6, 6.07) is 19.0. The molecule has 0 heterocycles. The summed E-state index contributed by atoms with van der Waals surface area (Å²) < 4.78 is 1.30. The van der Waals surface area contributed by atoms with Crippen molar-refractivity contribution in [1.82, 2.24) is 0 Å². The fraction of sp³-hybridized carbons (Fsp3) is 0. The van der Waals surface area contributed by atoms with Gasteiger partial charge in [0.05, 0.1) is 0 Å². The minimum atomic E-state index is -0.218. The number of fused-ring (bicyclic) bond motifs is 1. The van der Waals surface area contributed by atoms with Gasteiger partial charge in [-0.1, -0.05) is 0 Å². The molecule has 0 amide bonds. The molecule has 0 N–H and O–H groups in total. The molecule has 0 fully saturated rings. The fourth-order valence-corrected chi connectivity index (χ4v) is 3.67. The molecule has 1 aliphatic rings. The quantitative estimate of drug-likeness (QED) is 0.698. The van der Waals surface area contributed by atoms with Gasteiger partial charge >= 0.3 is 112 Å². The third-order valence-electron chi connectivity index (χ3n) is 2.89. The maximum absolute atomic E-state index is 6.10. The normalized spacial score (nSPS) is 16.8. The van der Waals surface area contributed by atoms with E-state index in [9.17, 15) is 0 Å². The van der Waals surface area contributed by atoms with Gasteiger partial charge < -0.3 is 0 Å². The summed E-state index contributed by atoms with van der Waals surface area (Å²) >= 11 is -0.218. The van der Waals surface area contributed by atoms with Crippen LogP contribution in [0.1, 0.15) is 16.7 Å². The molecule has 0 aliphatic heterocycles. The fourth-order valence-electron chi connectivity index (χ4n) is 2.11. The summed E-state index contributed by atoms with van der Waals surface area (Å²) in [6.45, 7) is 0. The molecule has 0 bridgehead atoms. The van der Waals surface area contributed by atoms with Crippen molar-refractivity contribution in [3.05, 3.63) is 77.4 Å². The molecule has 2 aromatic carbocycles. The van der Waals surface area contributed by atoms with Crippen LogP contribution in [-0.2, 0) is 15.7 Å². The number of halogens is 1. The first kappa shape index (κ1) is 11.1. The third kappa shape index (κ3) is 1.94. The molecule has 3 rings (SSSR count). The first-order chi connectivity index (χ1) is 8.40. The van der Waals surface area contributed by atoms with E-state index in [-0.39, 0.29) is 15.7 Å². The number of rotatable bonds is 1. The average molecular weight is 327 g/mol. The molecule has 2 heteroatoms. The summed E-state index contributed by atoms with van der Waals surface area (Å²) in [5.74, 6) is 0. The first-order valence-electron chi connectivity index (χ1n) is 5.38. The summed E-state index contributed by atoms with van der Waals surface area (Å²) in [5, 5.41) is 0. The van der Waals surface area contributed by atoms with E-state index < -0.39 is 0 Å². The van der Waals surface area contributed by atoms with E-state index in [0.29, 0.717) is 0 Å². The molecule has 2 aromatic rings. The SMILES string of the molecule is [Cl][Ru-]=[C]1C=C(c2ccccc2)c2ccccc21. The second-order valence-electron chi connectivity index (χ2n) is 3.87. The minimum absolute atomic E-state index is 0.218. The van der Waals surface area contributed by atoms with Crippen LogP contribution in [0, 0.1) is 0 Å². The third-order valence-corrected chi connectivity index (χ3v) is 4.82. The van der Waals surface area contributed by atoms with Crippen molar-refractivity contribution in [2.45, 2.75) is 0 Å². The second kappa shape index (κ2) is 4.68. The van der Waals surface area contributed by atoms with Gasteiger partial charge in [0, 0.05) is 0 Å². The van der Waals surface area contributed by atoms with Crippen LogP contribution in [-0.4, -0.2) is 4.11 Å². The zero-order valence-electron chi connectivity index (χ0n) is 9.01. The van der Waals surface area contributed by atoms with E-state index >= 15 is 0 Å². The van der Waals surface area contributed by atoms with Crippen molar-refractivity contribution in [2.75, 3.05) is 0 Å². The van der Waals surface area contributed by atoms with Crippen molar-refractivity contribution in [3.8, 4) is 0 Å². The van der Waals surface area contributed by atoms with Gasteiger partial charge in [-0.05, 0) is 0 Å². The van der Waals surface area contributed by atoms with Crippen LogP contribution < -0.4 is 0 Å². The molecule has 0 aromatic heterocycles. The van der Waals surface area contributed by atoms with Crippen molar-refractivity contribution in [2.24, 2.45) is 0 Å². The topological polar surface area (TPSA) is 0 Å². The van der Waals surface area contributed by atoms with Crippen molar-refractivity contribution in [3.63, 3.8) is 0 Å². The molecule has 0 atom stereocenters. The molecule has 17 heavy (non-hydrogen) atoms. The van der Waals surface area contributed by atoms with Crippen LogP contribution in [0.4, 0.5) is 0 Å². The predicted molar refractivity (Wildman–Crippen MR) is 69.9 cm³/mol. The number of hydrogen-bond donors (Lipinski definition) is 0. The van der Waals surface area contributed by atoms with Gasteiger partial charge in [-0.2, -0.15) is 0 Å². The van der Waals surface area contributed by atoms with E-state index in [4.69, 9.17) is 9.69 Å². The molecule has 0 saturated heterocycles. The number of allylic oxidation sites excluding steroid dienone is 1. The second-order valence-corrected chi connectivity index (χ2v) is 5.93. The summed E-state index contributed by atoms with van der Waals surface area (Å²) in [4.78, 5) is 0. The van der Waals surface area contributed by atoms with Crippen LogP contribution in [0.5, 0.6) is 0 Å².